The zero-order valence-corrected chi connectivity index (χ0v) is 14.4. The third kappa shape index (κ3) is 1.82. The van der Waals surface area contributed by atoms with Gasteiger partial charge in [-0.2, -0.15) is 0 Å². The Labute approximate surface area is 149 Å². The molecule has 6 rings (SSSR count). The van der Waals surface area contributed by atoms with Crippen LogP contribution in [-0.4, -0.2) is 11.7 Å². The molecule has 2 nitrogen and oxygen atoms in total. The summed E-state index contributed by atoms with van der Waals surface area (Å²) in [6.45, 7) is 0. The molecule has 0 amide bonds. The van der Waals surface area contributed by atoms with Crippen molar-refractivity contribution in [2.75, 3.05) is 0 Å². The lowest BCUT2D eigenvalue weighted by atomic mass is 9.69. The van der Waals surface area contributed by atoms with Gasteiger partial charge in [0.05, 0.1) is 18.3 Å². The molecule has 3 fully saturated rings. The van der Waals surface area contributed by atoms with Crippen LogP contribution in [0.2, 0.25) is 0 Å². The smallest absolute Gasteiger partial charge is 0.108 e. The molecule has 0 aromatic heterocycles. The van der Waals surface area contributed by atoms with Gasteiger partial charge in [0.2, 0.25) is 0 Å². The van der Waals surface area contributed by atoms with Crippen LogP contribution >= 0.6 is 0 Å². The molecule has 1 aliphatic carbocycles. The topological polar surface area (TPSA) is 18.5 Å². The monoisotopic (exact) mass is 332 g/mol. The zero-order valence-electron chi connectivity index (χ0n) is 14.4. The van der Waals surface area contributed by atoms with Crippen LogP contribution in [0.1, 0.15) is 66.9 Å². The molecule has 1 saturated carbocycles. The van der Waals surface area contributed by atoms with E-state index in [1.54, 1.807) is 0 Å². The first kappa shape index (κ1) is 14.5. The molecule has 2 heteroatoms. The number of hydrogen-bond acceptors (Lipinski definition) is 2. The predicted molar refractivity (Wildman–Crippen MR) is 96.4 cm³/mol. The van der Waals surface area contributed by atoms with E-state index in [2.05, 4.69) is 54.6 Å². The molecular weight excluding hydrogens is 308 g/mol. The van der Waals surface area contributed by atoms with Crippen molar-refractivity contribution in [2.45, 2.75) is 61.9 Å². The van der Waals surface area contributed by atoms with Gasteiger partial charge in [-0.3, -0.25) is 0 Å². The number of rotatable bonds is 1. The summed E-state index contributed by atoms with van der Waals surface area (Å²) >= 11 is 0. The van der Waals surface area contributed by atoms with E-state index in [4.69, 9.17) is 9.47 Å². The van der Waals surface area contributed by atoms with Crippen LogP contribution in [0.5, 0.6) is 0 Å². The number of fused-ring (bicyclic) bond motifs is 4. The van der Waals surface area contributed by atoms with Crippen molar-refractivity contribution < 1.29 is 9.47 Å². The first-order valence-electron chi connectivity index (χ1n) is 9.85. The molecule has 3 aliphatic heterocycles. The van der Waals surface area contributed by atoms with E-state index < -0.39 is 0 Å². The minimum Gasteiger partial charge on any atom is -0.366 e. The Hall–Kier alpha value is -1.64. The van der Waals surface area contributed by atoms with Crippen molar-refractivity contribution in [3.05, 3.63) is 71.3 Å². The predicted octanol–water partition coefficient (Wildman–Crippen LogP) is 5.31. The quantitative estimate of drug-likeness (QED) is 0.704. The van der Waals surface area contributed by atoms with Gasteiger partial charge in [-0.05, 0) is 41.9 Å². The summed E-state index contributed by atoms with van der Waals surface area (Å²) in [6.07, 6.45) is 6.84. The normalized spacial score (nSPS) is 41.0. The zero-order chi connectivity index (χ0) is 16.4. The highest BCUT2D eigenvalue weighted by atomic mass is 16.6. The summed E-state index contributed by atoms with van der Waals surface area (Å²) in [7, 11) is 0. The van der Waals surface area contributed by atoms with Crippen molar-refractivity contribution in [2.24, 2.45) is 5.92 Å². The molecule has 1 unspecified atom stereocenters. The summed E-state index contributed by atoms with van der Waals surface area (Å²) < 4.78 is 13.7. The Morgan fingerprint density at radius 1 is 0.840 bits per heavy atom. The molecule has 1 spiro atoms. The minimum atomic E-state index is -0.101. The fraction of sp³-hybridized carbons (Fsp3) is 0.478. The van der Waals surface area contributed by atoms with Crippen molar-refractivity contribution in [1.29, 1.82) is 0 Å². The second-order valence-corrected chi connectivity index (χ2v) is 8.24. The Bertz CT molecular complexity index is 801. The van der Waals surface area contributed by atoms with Crippen molar-refractivity contribution >= 4 is 0 Å². The molecule has 6 atom stereocenters. The molecule has 2 bridgehead atoms. The molecule has 128 valence electrons. The lowest BCUT2D eigenvalue weighted by molar-refractivity contribution is -0.116. The fourth-order valence-corrected chi connectivity index (χ4v) is 6.25. The number of benzene rings is 2. The van der Waals surface area contributed by atoms with Gasteiger partial charge in [-0.15, -0.1) is 0 Å². The lowest BCUT2D eigenvalue weighted by Gasteiger charge is -2.42. The van der Waals surface area contributed by atoms with Gasteiger partial charge in [-0.25, -0.2) is 0 Å². The first-order chi connectivity index (χ1) is 12.4. The summed E-state index contributed by atoms with van der Waals surface area (Å²) in [6, 6.07) is 19.8. The molecule has 25 heavy (non-hydrogen) atoms. The first-order valence-corrected chi connectivity index (χ1v) is 9.85. The second-order valence-electron chi connectivity index (χ2n) is 8.24. The van der Waals surface area contributed by atoms with Gasteiger partial charge in [-0.1, -0.05) is 67.4 Å². The third-order valence-corrected chi connectivity index (χ3v) is 7.16. The second kappa shape index (κ2) is 5.18. The van der Waals surface area contributed by atoms with Gasteiger partial charge >= 0.3 is 0 Å². The summed E-state index contributed by atoms with van der Waals surface area (Å²) in [4.78, 5) is 0. The van der Waals surface area contributed by atoms with Crippen molar-refractivity contribution in [3.8, 4) is 0 Å². The standard InChI is InChI=1S/C23H24O2/c1-2-8-15(9-3-1)22-21-18-12-6-5-11-17(18)19-14-16-10-4-7-13-20(24-22)23(16,21)25-19/h1-3,5-6,8-9,11-12,16,19-22H,4,7,10,13-14H2/t16-,19+,20?,21-,22+,23+/m1/s1. The fourth-order valence-electron chi connectivity index (χ4n) is 6.25. The highest BCUT2D eigenvalue weighted by Gasteiger charge is 2.68. The van der Waals surface area contributed by atoms with Gasteiger partial charge in [0.1, 0.15) is 5.60 Å². The van der Waals surface area contributed by atoms with E-state index in [9.17, 15) is 0 Å². The van der Waals surface area contributed by atoms with Crippen LogP contribution in [0, 0.1) is 5.92 Å². The Morgan fingerprint density at radius 3 is 2.48 bits per heavy atom. The summed E-state index contributed by atoms with van der Waals surface area (Å²) in [5, 5.41) is 0. The molecule has 3 heterocycles. The van der Waals surface area contributed by atoms with Crippen LogP contribution in [0.3, 0.4) is 0 Å². The number of hydrogen-bond donors (Lipinski definition) is 0. The van der Waals surface area contributed by atoms with E-state index in [0.29, 0.717) is 11.8 Å². The molecule has 2 aromatic carbocycles. The van der Waals surface area contributed by atoms with E-state index in [1.807, 2.05) is 0 Å². The average molecular weight is 332 g/mol. The van der Waals surface area contributed by atoms with Crippen LogP contribution in [-0.2, 0) is 9.47 Å². The molecule has 2 saturated heterocycles. The summed E-state index contributed by atoms with van der Waals surface area (Å²) in [5.41, 5.74) is 4.10. The molecule has 4 aliphatic rings. The minimum absolute atomic E-state index is 0.101. The van der Waals surface area contributed by atoms with E-state index >= 15 is 0 Å². The van der Waals surface area contributed by atoms with Crippen LogP contribution in [0.4, 0.5) is 0 Å². The third-order valence-electron chi connectivity index (χ3n) is 7.16. The van der Waals surface area contributed by atoms with Gasteiger partial charge < -0.3 is 9.47 Å². The van der Waals surface area contributed by atoms with Gasteiger partial charge in [0.25, 0.3) is 0 Å². The van der Waals surface area contributed by atoms with Gasteiger partial charge in [0, 0.05) is 5.92 Å². The Kier molecular flexibility index (Phi) is 3.01. The SMILES string of the molecule is c1ccc([C@@H]2OC3CCCC[C@@H]4C[C@@H]5O[C@]34[C@@H]2c2ccccc25)cc1. The Balaban J connectivity index is 1.58. The maximum absolute atomic E-state index is 6.91. The number of ether oxygens (including phenoxy) is 2. The lowest BCUT2D eigenvalue weighted by Crippen LogP contribution is -2.48. The molecule has 0 N–H and O–H groups in total. The molecular formula is C23H24O2. The highest BCUT2D eigenvalue weighted by Crippen LogP contribution is 2.68. The van der Waals surface area contributed by atoms with Crippen LogP contribution < -0.4 is 0 Å². The van der Waals surface area contributed by atoms with Crippen LogP contribution in [0.25, 0.3) is 0 Å². The maximum Gasteiger partial charge on any atom is 0.108 e. The largest absolute Gasteiger partial charge is 0.366 e. The van der Waals surface area contributed by atoms with E-state index in [1.165, 1.54) is 42.4 Å². The van der Waals surface area contributed by atoms with E-state index in [-0.39, 0.29) is 23.9 Å². The highest BCUT2D eigenvalue weighted by molar-refractivity contribution is 5.44. The molecule has 2 aromatic rings. The van der Waals surface area contributed by atoms with Crippen LogP contribution in [0.15, 0.2) is 54.6 Å². The average Bonchev–Trinajstić information content (AvgIpc) is 3.13. The van der Waals surface area contributed by atoms with Crippen molar-refractivity contribution in [3.63, 3.8) is 0 Å². The van der Waals surface area contributed by atoms with E-state index in [0.717, 1.165) is 6.42 Å². The van der Waals surface area contributed by atoms with Gasteiger partial charge in [0.15, 0.2) is 0 Å². The maximum atomic E-state index is 6.91. The van der Waals surface area contributed by atoms with Crippen molar-refractivity contribution in [1.82, 2.24) is 0 Å². The Morgan fingerprint density at radius 2 is 1.60 bits per heavy atom. The molecule has 0 radical (unpaired) electrons. The summed E-state index contributed by atoms with van der Waals surface area (Å²) in [5.74, 6) is 0.967.